The Balaban J connectivity index is 1.53. The molecule has 0 aliphatic carbocycles. The predicted octanol–water partition coefficient (Wildman–Crippen LogP) is 5.68. The average Bonchev–Trinajstić information content (AvgIpc) is 2.81. The van der Waals surface area contributed by atoms with Crippen molar-refractivity contribution in [2.75, 3.05) is 6.61 Å². The number of carbonyl (C=O) groups is 1. The lowest BCUT2D eigenvalue weighted by Crippen LogP contribution is -2.24. The van der Waals surface area contributed by atoms with Crippen molar-refractivity contribution in [3.8, 4) is 11.5 Å². The van der Waals surface area contributed by atoms with Crippen LogP contribution in [0.3, 0.4) is 0 Å². The van der Waals surface area contributed by atoms with E-state index in [-0.39, 0.29) is 18.3 Å². The third-order valence-corrected chi connectivity index (χ3v) is 5.64. The summed E-state index contributed by atoms with van der Waals surface area (Å²) in [4.78, 5) is 12.0. The van der Waals surface area contributed by atoms with Gasteiger partial charge in [-0.2, -0.15) is 5.10 Å². The van der Waals surface area contributed by atoms with Gasteiger partial charge in [0, 0.05) is 10.6 Å². The Labute approximate surface area is 193 Å². The van der Waals surface area contributed by atoms with Crippen LogP contribution in [0.15, 0.2) is 71.8 Å². The molecule has 3 aromatic carbocycles. The molecule has 0 aromatic heterocycles. The second-order valence-electron chi connectivity index (χ2n) is 7.62. The Morgan fingerprint density at radius 2 is 1.91 bits per heavy atom. The van der Waals surface area contributed by atoms with Crippen LogP contribution in [0.2, 0.25) is 5.02 Å². The van der Waals surface area contributed by atoms with Gasteiger partial charge in [0.15, 0.2) is 6.61 Å². The van der Waals surface area contributed by atoms with Gasteiger partial charge in [-0.05, 0) is 65.8 Å². The Morgan fingerprint density at radius 3 is 2.62 bits per heavy atom. The number of aromatic hydroxyl groups is 1. The van der Waals surface area contributed by atoms with Crippen molar-refractivity contribution in [2.45, 2.75) is 32.6 Å². The minimum absolute atomic E-state index is 0.0727. The maximum absolute atomic E-state index is 12.0. The third-order valence-electron chi connectivity index (χ3n) is 5.27. The van der Waals surface area contributed by atoms with Crippen molar-refractivity contribution < 1.29 is 14.6 Å². The fourth-order valence-electron chi connectivity index (χ4n) is 3.16. The molecule has 3 aromatic rings. The lowest BCUT2D eigenvalue weighted by atomic mass is 9.99. The van der Waals surface area contributed by atoms with Crippen molar-refractivity contribution >= 4 is 23.7 Å². The second-order valence-corrected chi connectivity index (χ2v) is 8.03. The Bertz CT molecular complexity index is 1080. The number of rotatable bonds is 9. The number of amides is 1. The second kappa shape index (κ2) is 11.3. The fourth-order valence-corrected chi connectivity index (χ4v) is 3.36. The minimum atomic E-state index is -0.390. The molecule has 0 aliphatic rings. The van der Waals surface area contributed by atoms with Crippen molar-refractivity contribution in [1.82, 2.24) is 5.43 Å². The van der Waals surface area contributed by atoms with E-state index in [0.717, 1.165) is 17.5 Å². The molecule has 6 heteroatoms. The molecule has 3 rings (SSSR count). The van der Waals surface area contributed by atoms with Crippen molar-refractivity contribution in [2.24, 2.45) is 5.10 Å². The van der Waals surface area contributed by atoms with E-state index in [1.54, 1.807) is 6.07 Å². The van der Waals surface area contributed by atoms with Crippen LogP contribution in [0, 0.1) is 0 Å². The van der Waals surface area contributed by atoms with Crippen LogP contribution in [-0.4, -0.2) is 23.8 Å². The number of nitrogens with zero attached hydrogens (tertiary/aromatic N) is 1. The van der Waals surface area contributed by atoms with E-state index in [1.165, 1.54) is 11.8 Å². The Kier molecular flexibility index (Phi) is 8.28. The number of phenols is 1. The summed E-state index contributed by atoms with van der Waals surface area (Å²) in [5, 5.41) is 14.7. The number of carbonyl (C=O) groups excluding carboxylic acids is 1. The molecule has 2 N–H and O–H groups in total. The first kappa shape index (κ1) is 23.4. The summed E-state index contributed by atoms with van der Waals surface area (Å²) in [5.74, 6) is 0.796. The highest BCUT2D eigenvalue weighted by molar-refractivity contribution is 6.31. The van der Waals surface area contributed by atoms with Gasteiger partial charge in [-0.3, -0.25) is 4.79 Å². The van der Waals surface area contributed by atoms with Crippen LogP contribution < -0.4 is 10.2 Å². The van der Waals surface area contributed by atoms with E-state index in [0.29, 0.717) is 28.7 Å². The number of phenolic OH excluding ortho intramolecular Hbond substituents is 1. The molecule has 0 heterocycles. The highest BCUT2D eigenvalue weighted by atomic mass is 35.5. The molecule has 32 heavy (non-hydrogen) atoms. The number of hydrogen-bond acceptors (Lipinski definition) is 4. The first-order chi connectivity index (χ1) is 15.5. The highest BCUT2D eigenvalue weighted by Crippen LogP contribution is 2.23. The smallest absolute Gasteiger partial charge is 0.277 e. The Hall–Kier alpha value is -3.31. The SMILES string of the molecule is CCC(C)c1ccc(OCC(=O)NN=Cc2cc(Cc3ccccc3Cl)ccc2O)cc1. The van der Waals surface area contributed by atoms with Gasteiger partial charge < -0.3 is 9.84 Å². The molecule has 0 fully saturated rings. The van der Waals surface area contributed by atoms with Crippen LogP contribution >= 0.6 is 11.6 Å². The lowest BCUT2D eigenvalue weighted by molar-refractivity contribution is -0.123. The van der Waals surface area contributed by atoms with E-state index in [2.05, 4.69) is 24.4 Å². The van der Waals surface area contributed by atoms with Gasteiger partial charge in [0.05, 0.1) is 6.21 Å². The number of halogens is 1. The molecular weight excluding hydrogens is 424 g/mol. The first-order valence-corrected chi connectivity index (χ1v) is 10.9. The fraction of sp³-hybridized carbons (Fsp3) is 0.231. The van der Waals surface area contributed by atoms with Gasteiger partial charge in [-0.15, -0.1) is 0 Å². The number of hydrogen-bond donors (Lipinski definition) is 2. The molecule has 0 bridgehead atoms. The standard InChI is InChI=1S/C26H27ClN2O3/c1-3-18(2)20-9-11-23(12-10-20)32-17-26(31)29-28-16-22-15-19(8-13-25(22)30)14-21-6-4-5-7-24(21)27/h4-13,15-16,18,30H,3,14,17H2,1-2H3,(H,29,31). The van der Waals surface area contributed by atoms with E-state index in [1.807, 2.05) is 60.7 Å². The van der Waals surface area contributed by atoms with E-state index >= 15 is 0 Å². The molecule has 5 nitrogen and oxygen atoms in total. The molecule has 1 unspecified atom stereocenters. The van der Waals surface area contributed by atoms with E-state index in [9.17, 15) is 9.90 Å². The van der Waals surface area contributed by atoms with Crippen LogP contribution in [0.4, 0.5) is 0 Å². The molecule has 0 saturated heterocycles. The monoisotopic (exact) mass is 450 g/mol. The number of benzene rings is 3. The topological polar surface area (TPSA) is 70.9 Å². The maximum Gasteiger partial charge on any atom is 0.277 e. The summed E-state index contributed by atoms with van der Waals surface area (Å²) in [5.41, 5.74) is 6.11. The van der Waals surface area contributed by atoms with Crippen molar-refractivity contribution in [1.29, 1.82) is 0 Å². The molecule has 0 aliphatic heterocycles. The molecule has 0 radical (unpaired) electrons. The molecule has 1 atom stereocenters. The summed E-state index contributed by atoms with van der Waals surface area (Å²) in [6.07, 6.45) is 3.10. The van der Waals surface area contributed by atoms with E-state index < -0.39 is 0 Å². The molecule has 166 valence electrons. The van der Waals surface area contributed by atoms with E-state index in [4.69, 9.17) is 16.3 Å². The highest BCUT2D eigenvalue weighted by Gasteiger charge is 2.07. The molecule has 0 spiro atoms. The molecular formula is C26H27ClN2O3. The predicted molar refractivity (Wildman–Crippen MR) is 129 cm³/mol. The van der Waals surface area contributed by atoms with Crippen LogP contribution in [0.1, 0.15) is 48.4 Å². The van der Waals surface area contributed by atoms with Gasteiger partial charge in [-0.1, -0.05) is 61.8 Å². The summed E-state index contributed by atoms with van der Waals surface area (Å²) < 4.78 is 5.51. The summed E-state index contributed by atoms with van der Waals surface area (Å²) in [6, 6.07) is 20.6. The zero-order valence-electron chi connectivity index (χ0n) is 18.2. The largest absolute Gasteiger partial charge is 0.507 e. The zero-order valence-corrected chi connectivity index (χ0v) is 19.0. The van der Waals surface area contributed by atoms with Gasteiger partial charge in [0.1, 0.15) is 11.5 Å². The first-order valence-electron chi connectivity index (χ1n) is 10.6. The normalized spacial score (nSPS) is 12.0. The van der Waals surface area contributed by atoms with Crippen molar-refractivity contribution in [3.05, 3.63) is 94.0 Å². The third kappa shape index (κ3) is 6.59. The van der Waals surface area contributed by atoms with Gasteiger partial charge in [0.25, 0.3) is 5.91 Å². The Morgan fingerprint density at radius 1 is 1.16 bits per heavy atom. The average molecular weight is 451 g/mol. The number of nitrogens with one attached hydrogen (secondary N) is 1. The maximum atomic E-state index is 12.0. The zero-order chi connectivity index (χ0) is 22.9. The van der Waals surface area contributed by atoms with Crippen LogP contribution in [0.25, 0.3) is 0 Å². The van der Waals surface area contributed by atoms with Crippen LogP contribution in [-0.2, 0) is 11.2 Å². The van der Waals surface area contributed by atoms with Gasteiger partial charge >= 0.3 is 0 Å². The van der Waals surface area contributed by atoms with Crippen molar-refractivity contribution in [3.63, 3.8) is 0 Å². The molecule has 1 amide bonds. The lowest BCUT2D eigenvalue weighted by Gasteiger charge is -2.10. The minimum Gasteiger partial charge on any atom is -0.507 e. The quantitative estimate of drug-likeness (QED) is 0.325. The number of ether oxygens (including phenoxy) is 1. The number of hydrazone groups is 1. The molecule has 0 saturated carbocycles. The summed E-state index contributed by atoms with van der Waals surface area (Å²) in [7, 11) is 0. The summed E-state index contributed by atoms with van der Waals surface area (Å²) >= 11 is 6.23. The van der Waals surface area contributed by atoms with Crippen LogP contribution in [0.5, 0.6) is 11.5 Å². The van der Waals surface area contributed by atoms with Gasteiger partial charge in [0.2, 0.25) is 0 Å². The summed E-state index contributed by atoms with van der Waals surface area (Å²) in [6.45, 7) is 4.17. The van der Waals surface area contributed by atoms with Gasteiger partial charge in [-0.25, -0.2) is 5.43 Å².